The third-order valence-corrected chi connectivity index (χ3v) is 2.62. The van der Waals surface area contributed by atoms with Crippen LogP contribution in [-0.2, 0) is 4.74 Å². The first-order chi connectivity index (χ1) is 7.69. The molecular formula is C12H19FN2O. The highest BCUT2D eigenvalue weighted by Crippen LogP contribution is 2.22. The van der Waals surface area contributed by atoms with Gasteiger partial charge in [-0.25, -0.2) is 4.39 Å². The van der Waals surface area contributed by atoms with Crippen molar-refractivity contribution in [3.05, 3.63) is 29.8 Å². The molecule has 3 nitrogen and oxygen atoms in total. The van der Waals surface area contributed by atoms with Crippen molar-refractivity contribution in [2.75, 3.05) is 20.8 Å². The molecule has 1 aromatic rings. The Hall–Kier alpha value is -1.00. The van der Waals surface area contributed by atoms with Crippen molar-refractivity contribution < 1.29 is 9.13 Å². The fourth-order valence-electron chi connectivity index (χ4n) is 1.82. The molecule has 0 spiro atoms. The van der Waals surface area contributed by atoms with Crippen LogP contribution in [0, 0.1) is 11.7 Å². The molecule has 0 aliphatic rings. The van der Waals surface area contributed by atoms with E-state index >= 15 is 0 Å². The van der Waals surface area contributed by atoms with Crippen molar-refractivity contribution in [1.29, 1.82) is 0 Å². The lowest BCUT2D eigenvalue weighted by Gasteiger charge is -2.20. The van der Waals surface area contributed by atoms with Gasteiger partial charge < -0.3 is 10.1 Å². The lowest BCUT2D eigenvalue weighted by Crippen LogP contribution is -2.21. The molecule has 0 saturated carbocycles. The smallest absolute Gasteiger partial charge is 0.146 e. The first-order valence-corrected chi connectivity index (χ1v) is 5.44. The highest BCUT2D eigenvalue weighted by Gasteiger charge is 2.16. The van der Waals surface area contributed by atoms with Crippen LogP contribution in [0.4, 0.5) is 4.39 Å². The van der Waals surface area contributed by atoms with Gasteiger partial charge in [0.15, 0.2) is 0 Å². The van der Waals surface area contributed by atoms with E-state index in [0.29, 0.717) is 18.1 Å². The quantitative estimate of drug-likeness (QED) is 0.807. The van der Waals surface area contributed by atoms with Gasteiger partial charge in [-0.2, -0.15) is 0 Å². The minimum Gasteiger partial charge on any atom is -0.384 e. The van der Waals surface area contributed by atoms with Gasteiger partial charge in [0.1, 0.15) is 5.82 Å². The molecule has 0 aliphatic heterocycles. The molecule has 16 heavy (non-hydrogen) atoms. The van der Waals surface area contributed by atoms with E-state index in [2.05, 4.69) is 17.2 Å². The number of rotatable bonds is 6. The number of halogens is 1. The number of pyridine rings is 1. The molecular weight excluding hydrogens is 207 g/mol. The summed E-state index contributed by atoms with van der Waals surface area (Å²) >= 11 is 0. The Morgan fingerprint density at radius 1 is 1.56 bits per heavy atom. The molecule has 0 radical (unpaired) electrons. The van der Waals surface area contributed by atoms with Crippen LogP contribution in [0.5, 0.6) is 0 Å². The Morgan fingerprint density at radius 3 is 2.88 bits per heavy atom. The van der Waals surface area contributed by atoms with Gasteiger partial charge in [0.2, 0.25) is 0 Å². The second-order valence-corrected chi connectivity index (χ2v) is 4.03. The summed E-state index contributed by atoms with van der Waals surface area (Å²) in [5.74, 6) is 0.126. The Labute approximate surface area is 96.0 Å². The molecule has 0 saturated heterocycles. The molecule has 1 aromatic heterocycles. The van der Waals surface area contributed by atoms with Crippen molar-refractivity contribution in [3.8, 4) is 0 Å². The first-order valence-electron chi connectivity index (χ1n) is 5.44. The molecule has 0 aromatic carbocycles. The number of hydrogen-bond donors (Lipinski definition) is 1. The lowest BCUT2D eigenvalue weighted by atomic mass is 9.97. The summed E-state index contributed by atoms with van der Waals surface area (Å²) < 4.78 is 18.6. The van der Waals surface area contributed by atoms with Gasteiger partial charge in [0, 0.05) is 31.5 Å². The Bertz CT molecular complexity index is 320. The van der Waals surface area contributed by atoms with E-state index in [1.807, 2.05) is 7.05 Å². The van der Waals surface area contributed by atoms with E-state index in [4.69, 9.17) is 4.74 Å². The predicted octanol–water partition coefficient (Wildman–Crippen LogP) is 2.15. The fraction of sp³-hybridized carbons (Fsp3) is 0.583. The Kier molecular flexibility index (Phi) is 5.35. The molecule has 4 heteroatoms. The molecule has 1 N–H and O–H groups in total. The molecule has 0 aliphatic carbocycles. The average molecular weight is 226 g/mol. The zero-order valence-electron chi connectivity index (χ0n) is 10.0. The van der Waals surface area contributed by atoms with E-state index in [1.165, 1.54) is 6.20 Å². The summed E-state index contributed by atoms with van der Waals surface area (Å²) in [6.07, 6.45) is 3.70. The molecule has 0 amide bonds. The highest BCUT2D eigenvalue weighted by atomic mass is 19.1. The van der Waals surface area contributed by atoms with Crippen LogP contribution in [0.2, 0.25) is 0 Å². The summed E-state index contributed by atoms with van der Waals surface area (Å²) in [5, 5.41) is 3.13. The van der Waals surface area contributed by atoms with E-state index in [9.17, 15) is 4.39 Å². The second kappa shape index (κ2) is 6.55. The molecule has 1 heterocycles. The van der Waals surface area contributed by atoms with E-state index in [-0.39, 0.29) is 11.9 Å². The van der Waals surface area contributed by atoms with Crippen molar-refractivity contribution >= 4 is 0 Å². The topological polar surface area (TPSA) is 34.1 Å². The van der Waals surface area contributed by atoms with Crippen LogP contribution in [0.3, 0.4) is 0 Å². The predicted molar refractivity (Wildman–Crippen MR) is 61.7 cm³/mol. The van der Waals surface area contributed by atoms with E-state index in [1.54, 1.807) is 19.4 Å². The number of ether oxygens (including phenoxy) is 1. The van der Waals surface area contributed by atoms with E-state index < -0.39 is 0 Å². The molecule has 0 bridgehead atoms. The van der Waals surface area contributed by atoms with Crippen molar-refractivity contribution in [1.82, 2.24) is 10.3 Å². The Balaban J connectivity index is 2.71. The van der Waals surface area contributed by atoms with Crippen LogP contribution >= 0.6 is 0 Å². The molecule has 2 unspecified atom stereocenters. The van der Waals surface area contributed by atoms with Gasteiger partial charge in [0.05, 0.1) is 6.20 Å². The fourth-order valence-corrected chi connectivity index (χ4v) is 1.82. The average Bonchev–Trinajstić information content (AvgIpc) is 2.27. The van der Waals surface area contributed by atoms with E-state index in [0.717, 1.165) is 6.42 Å². The van der Waals surface area contributed by atoms with Crippen molar-refractivity contribution in [2.45, 2.75) is 19.4 Å². The number of nitrogens with one attached hydrogen (secondary N) is 1. The van der Waals surface area contributed by atoms with Gasteiger partial charge in [-0.1, -0.05) is 6.92 Å². The summed E-state index contributed by atoms with van der Waals surface area (Å²) in [7, 11) is 3.52. The summed E-state index contributed by atoms with van der Waals surface area (Å²) in [6, 6.07) is 1.73. The summed E-state index contributed by atoms with van der Waals surface area (Å²) in [4.78, 5) is 3.75. The third kappa shape index (κ3) is 3.54. The maximum Gasteiger partial charge on any atom is 0.146 e. The van der Waals surface area contributed by atoms with Gasteiger partial charge in [0.25, 0.3) is 0 Å². The number of hydrogen-bond acceptors (Lipinski definition) is 3. The molecule has 1 rings (SSSR count). The van der Waals surface area contributed by atoms with Crippen LogP contribution in [0.1, 0.15) is 24.9 Å². The zero-order chi connectivity index (χ0) is 12.0. The monoisotopic (exact) mass is 226 g/mol. The molecule has 90 valence electrons. The Morgan fingerprint density at radius 2 is 2.31 bits per heavy atom. The SMILES string of the molecule is CNC(CC(C)COC)c1ccncc1F. The van der Waals surface area contributed by atoms with Gasteiger partial charge >= 0.3 is 0 Å². The number of aromatic nitrogens is 1. The largest absolute Gasteiger partial charge is 0.384 e. The highest BCUT2D eigenvalue weighted by molar-refractivity contribution is 5.17. The first kappa shape index (κ1) is 13.1. The summed E-state index contributed by atoms with van der Waals surface area (Å²) in [5.41, 5.74) is 0.667. The van der Waals surface area contributed by atoms with Gasteiger partial charge in [-0.15, -0.1) is 0 Å². The lowest BCUT2D eigenvalue weighted by molar-refractivity contribution is 0.149. The maximum atomic E-state index is 13.5. The van der Waals surface area contributed by atoms with Crippen LogP contribution in [0.25, 0.3) is 0 Å². The number of methoxy groups -OCH3 is 1. The van der Waals surface area contributed by atoms with Crippen LogP contribution < -0.4 is 5.32 Å². The minimum absolute atomic E-state index is 0.00755. The van der Waals surface area contributed by atoms with Crippen molar-refractivity contribution in [3.63, 3.8) is 0 Å². The van der Waals surface area contributed by atoms with Gasteiger partial charge in [-0.3, -0.25) is 4.98 Å². The minimum atomic E-state index is -0.258. The molecule has 0 fully saturated rings. The third-order valence-electron chi connectivity index (χ3n) is 2.62. The van der Waals surface area contributed by atoms with Crippen LogP contribution in [0.15, 0.2) is 18.5 Å². The number of nitrogens with zero attached hydrogens (tertiary/aromatic N) is 1. The van der Waals surface area contributed by atoms with Gasteiger partial charge in [-0.05, 0) is 25.5 Å². The second-order valence-electron chi connectivity index (χ2n) is 4.03. The normalized spacial score (nSPS) is 14.8. The molecule has 2 atom stereocenters. The maximum absolute atomic E-state index is 13.5. The summed E-state index contributed by atoms with van der Waals surface area (Å²) in [6.45, 7) is 2.78. The zero-order valence-corrected chi connectivity index (χ0v) is 10.0. The standard InChI is InChI=1S/C12H19FN2O/c1-9(8-16-3)6-12(14-2)10-4-5-15-7-11(10)13/h4-5,7,9,12,14H,6,8H2,1-3H3. The van der Waals surface area contributed by atoms with Crippen molar-refractivity contribution in [2.24, 2.45) is 5.92 Å². The van der Waals surface area contributed by atoms with Crippen LogP contribution in [-0.4, -0.2) is 25.7 Å².